The minimum atomic E-state index is -0.238. The Bertz CT molecular complexity index is 607. The molecule has 2 aromatic rings. The number of ether oxygens (including phenoxy) is 1. The molecule has 90 valence electrons. The molecule has 3 rings (SSSR count). The maximum atomic E-state index is 11.9. The Balaban J connectivity index is 2.00. The van der Waals surface area contributed by atoms with Crippen LogP contribution in [0, 0.1) is 0 Å². The van der Waals surface area contributed by atoms with Gasteiger partial charge in [0.05, 0.1) is 5.56 Å². The molecule has 2 nitrogen and oxygen atoms in total. The third-order valence-electron chi connectivity index (χ3n) is 3.14. The molecule has 1 aliphatic heterocycles. The van der Waals surface area contributed by atoms with Crippen LogP contribution in [0.1, 0.15) is 27.6 Å². The fourth-order valence-electron chi connectivity index (χ4n) is 2.24. The maximum Gasteiger partial charge on any atom is 0.339 e. The highest BCUT2D eigenvalue weighted by Crippen LogP contribution is 2.33. The molecule has 3 heteroatoms. The van der Waals surface area contributed by atoms with E-state index in [1.54, 1.807) is 0 Å². The van der Waals surface area contributed by atoms with Crippen LogP contribution in [-0.2, 0) is 11.2 Å². The summed E-state index contributed by atoms with van der Waals surface area (Å²) in [6.07, 6.45) is 0.521. The summed E-state index contributed by atoms with van der Waals surface area (Å²) in [6.45, 7) is 0. The molecule has 0 saturated heterocycles. The third-order valence-corrected chi connectivity index (χ3v) is 3.87. The molecule has 2 aromatic carbocycles. The lowest BCUT2D eigenvalue weighted by Gasteiger charge is -2.25. The Kier molecular flexibility index (Phi) is 2.92. The second-order valence-corrected chi connectivity index (χ2v) is 5.13. The van der Waals surface area contributed by atoms with E-state index in [1.807, 2.05) is 48.5 Å². The van der Waals surface area contributed by atoms with Crippen molar-refractivity contribution in [2.24, 2.45) is 0 Å². The van der Waals surface area contributed by atoms with Crippen LogP contribution in [0.25, 0.3) is 0 Å². The summed E-state index contributed by atoms with van der Waals surface area (Å²) in [4.78, 5) is 11.9. The molecule has 0 fully saturated rings. The molecule has 1 aliphatic rings. The smallest absolute Gasteiger partial charge is 0.339 e. The topological polar surface area (TPSA) is 26.3 Å². The molecular formula is C15H11BrO2. The summed E-state index contributed by atoms with van der Waals surface area (Å²) >= 11 is 3.50. The van der Waals surface area contributed by atoms with Crippen molar-refractivity contribution in [2.45, 2.75) is 12.5 Å². The van der Waals surface area contributed by atoms with Gasteiger partial charge >= 0.3 is 5.97 Å². The quantitative estimate of drug-likeness (QED) is 0.747. The van der Waals surface area contributed by atoms with Crippen LogP contribution >= 0.6 is 15.9 Å². The van der Waals surface area contributed by atoms with Crippen LogP contribution in [0.4, 0.5) is 0 Å². The molecule has 0 aliphatic carbocycles. The first-order valence-corrected chi connectivity index (χ1v) is 6.58. The summed E-state index contributed by atoms with van der Waals surface area (Å²) in [6, 6.07) is 15.5. The molecule has 0 N–H and O–H groups in total. The average Bonchev–Trinajstić information content (AvgIpc) is 2.39. The van der Waals surface area contributed by atoms with E-state index in [0.717, 1.165) is 22.0 Å². The zero-order valence-electron chi connectivity index (χ0n) is 9.60. The number of carbonyl (C=O) groups excluding carboxylic acids is 1. The van der Waals surface area contributed by atoms with E-state index in [4.69, 9.17) is 4.74 Å². The van der Waals surface area contributed by atoms with Crippen LogP contribution in [-0.4, -0.2) is 5.97 Å². The van der Waals surface area contributed by atoms with Crippen molar-refractivity contribution in [1.82, 2.24) is 0 Å². The Labute approximate surface area is 114 Å². The van der Waals surface area contributed by atoms with Gasteiger partial charge in [-0.2, -0.15) is 0 Å². The van der Waals surface area contributed by atoms with Gasteiger partial charge in [0.15, 0.2) is 0 Å². The monoisotopic (exact) mass is 302 g/mol. The number of carbonyl (C=O) groups is 1. The van der Waals surface area contributed by atoms with Gasteiger partial charge in [-0.05, 0) is 17.7 Å². The van der Waals surface area contributed by atoms with E-state index >= 15 is 0 Å². The molecule has 0 aromatic heterocycles. The Morgan fingerprint density at radius 3 is 2.61 bits per heavy atom. The van der Waals surface area contributed by atoms with Crippen LogP contribution in [0.5, 0.6) is 0 Å². The number of hydrogen-bond acceptors (Lipinski definition) is 2. The molecule has 1 heterocycles. The van der Waals surface area contributed by atoms with Crippen molar-refractivity contribution in [3.63, 3.8) is 0 Å². The van der Waals surface area contributed by atoms with Crippen molar-refractivity contribution in [3.05, 3.63) is 69.7 Å². The van der Waals surface area contributed by atoms with Crippen LogP contribution in [0.3, 0.4) is 0 Å². The lowest BCUT2D eigenvalue weighted by Crippen LogP contribution is -2.21. The molecule has 1 atom stereocenters. The molecule has 0 amide bonds. The third kappa shape index (κ3) is 1.95. The number of halogens is 1. The van der Waals surface area contributed by atoms with Gasteiger partial charge in [0.25, 0.3) is 0 Å². The average molecular weight is 303 g/mol. The zero-order valence-corrected chi connectivity index (χ0v) is 11.2. The van der Waals surface area contributed by atoms with Crippen molar-refractivity contribution in [1.29, 1.82) is 0 Å². The summed E-state index contributed by atoms with van der Waals surface area (Å²) < 4.78 is 6.48. The molecule has 0 radical (unpaired) electrons. The Morgan fingerprint density at radius 2 is 1.78 bits per heavy atom. The molecule has 0 saturated carbocycles. The second kappa shape index (κ2) is 4.58. The standard InChI is InChI=1S/C15H11BrO2/c16-13-8-4-3-7-12(13)14-9-10-5-1-2-6-11(10)15(17)18-14/h1-8,14H,9H2. The summed E-state index contributed by atoms with van der Waals surface area (Å²) in [5, 5.41) is 0. The highest BCUT2D eigenvalue weighted by Gasteiger charge is 2.27. The predicted molar refractivity (Wildman–Crippen MR) is 72.4 cm³/mol. The number of fused-ring (bicyclic) bond motifs is 1. The minimum Gasteiger partial charge on any atom is -0.453 e. The van der Waals surface area contributed by atoms with Crippen molar-refractivity contribution in [2.75, 3.05) is 0 Å². The lowest BCUT2D eigenvalue weighted by molar-refractivity contribution is 0.0251. The van der Waals surface area contributed by atoms with Gasteiger partial charge in [0.1, 0.15) is 6.10 Å². The van der Waals surface area contributed by atoms with E-state index in [1.165, 1.54) is 0 Å². The first-order chi connectivity index (χ1) is 8.75. The van der Waals surface area contributed by atoms with Crippen LogP contribution in [0.15, 0.2) is 53.0 Å². The summed E-state index contributed by atoms with van der Waals surface area (Å²) in [5.41, 5.74) is 2.75. The van der Waals surface area contributed by atoms with E-state index < -0.39 is 0 Å². The van der Waals surface area contributed by atoms with Gasteiger partial charge in [0.2, 0.25) is 0 Å². The van der Waals surface area contributed by atoms with Crippen LogP contribution in [0.2, 0.25) is 0 Å². The highest BCUT2D eigenvalue weighted by atomic mass is 79.9. The van der Waals surface area contributed by atoms with E-state index in [9.17, 15) is 4.79 Å². The number of esters is 1. The van der Waals surface area contributed by atoms with Gasteiger partial charge in [-0.1, -0.05) is 52.3 Å². The molecule has 1 unspecified atom stereocenters. The fraction of sp³-hybridized carbons (Fsp3) is 0.133. The Hall–Kier alpha value is -1.61. The van der Waals surface area contributed by atoms with E-state index in [-0.39, 0.29) is 12.1 Å². The van der Waals surface area contributed by atoms with Gasteiger partial charge in [0, 0.05) is 16.5 Å². The second-order valence-electron chi connectivity index (χ2n) is 4.28. The molecule has 0 spiro atoms. The minimum absolute atomic E-state index is 0.206. The normalized spacial score (nSPS) is 18.1. The van der Waals surface area contributed by atoms with Gasteiger partial charge in [-0.25, -0.2) is 4.79 Å². The number of hydrogen-bond donors (Lipinski definition) is 0. The summed E-state index contributed by atoms with van der Waals surface area (Å²) in [7, 11) is 0. The van der Waals surface area contributed by atoms with Gasteiger partial charge in [-0.3, -0.25) is 0 Å². The highest BCUT2D eigenvalue weighted by molar-refractivity contribution is 9.10. The van der Waals surface area contributed by atoms with E-state index in [0.29, 0.717) is 5.56 Å². The van der Waals surface area contributed by atoms with E-state index in [2.05, 4.69) is 15.9 Å². The molecular weight excluding hydrogens is 292 g/mol. The largest absolute Gasteiger partial charge is 0.453 e. The van der Waals surface area contributed by atoms with Gasteiger partial charge in [-0.15, -0.1) is 0 Å². The van der Waals surface area contributed by atoms with Crippen molar-refractivity contribution >= 4 is 21.9 Å². The van der Waals surface area contributed by atoms with Crippen molar-refractivity contribution in [3.8, 4) is 0 Å². The first kappa shape index (κ1) is 11.5. The Morgan fingerprint density at radius 1 is 1.06 bits per heavy atom. The lowest BCUT2D eigenvalue weighted by atomic mass is 9.95. The predicted octanol–water partition coefficient (Wildman–Crippen LogP) is 3.90. The first-order valence-electron chi connectivity index (χ1n) is 5.79. The number of benzene rings is 2. The molecule has 18 heavy (non-hydrogen) atoms. The van der Waals surface area contributed by atoms with Crippen molar-refractivity contribution < 1.29 is 9.53 Å². The van der Waals surface area contributed by atoms with Gasteiger partial charge < -0.3 is 4.74 Å². The fourth-order valence-corrected chi connectivity index (χ4v) is 2.78. The summed E-state index contributed by atoms with van der Waals surface area (Å²) in [5.74, 6) is -0.238. The van der Waals surface area contributed by atoms with Crippen LogP contribution < -0.4 is 0 Å². The molecule has 0 bridgehead atoms. The maximum absolute atomic E-state index is 11.9. The SMILES string of the molecule is O=C1OC(c2ccccc2Br)Cc2ccccc21. The number of cyclic esters (lactones) is 1. The number of rotatable bonds is 1. The zero-order chi connectivity index (χ0) is 12.5.